The number of carbonyl (C=O) groups excluding carboxylic acids is 1. The molecule has 1 fully saturated rings. The van der Waals surface area contributed by atoms with Gasteiger partial charge in [-0.05, 0) is 55.9 Å². The Hall–Kier alpha value is -4.32. The van der Waals surface area contributed by atoms with Crippen LogP contribution in [0.4, 0.5) is 16.0 Å². The number of hydrogen-bond donors (Lipinski definition) is 3. The normalized spacial score (nSPS) is 19.0. The van der Waals surface area contributed by atoms with Crippen molar-refractivity contribution < 1.29 is 9.18 Å². The molecular formula is C28H28FN7O. The van der Waals surface area contributed by atoms with Crippen LogP contribution in [0.2, 0.25) is 0 Å². The number of nitriles is 1. The Balaban J connectivity index is 1.69. The number of anilines is 2. The number of hydrogen-bond acceptors (Lipinski definition) is 7. The first-order chi connectivity index (χ1) is 17.8. The van der Waals surface area contributed by atoms with Gasteiger partial charge in [-0.25, -0.2) is 14.4 Å². The smallest absolute Gasteiger partial charge is 0.252 e. The van der Waals surface area contributed by atoms with E-state index in [9.17, 15) is 10.1 Å². The lowest BCUT2D eigenvalue weighted by Crippen LogP contribution is -2.32. The number of amides is 1. The lowest BCUT2D eigenvalue weighted by atomic mass is 9.83. The van der Waals surface area contributed by atoms with Crippen LogP contribution >= 0.6 is 0 Å². The van der Waals surface area contributed by atoms with Crippen LogP contribution in [0.3, 0.4) is 0 Å². The first-order valence-corrected chi connectivity index (χ1v) is 12.3. The van der Waals surface area contributed by atoms with Crippen molar-refractivity contribution in [3.8, 4) is 17.2 Å². The van der Waals surface area contributed by atoms with E-state index in [1.165, 1.54) is 19.3 Å². The monoisotopic (exact) mass is 497 g/mol. The van der Waals surface area contributed by atoms with Gasteiger partial charge in [0.2, 0.25) is 0 Å². The van der Waals surface area contributed by atoms with Gasteiger partial charge in [0.1, 0.15) is 35.3 Å². The lowest BCUT2D eigenvalue weighted by Gasteiger charge is -2.28. The van der Waals surface area contributed by atoms with Crippen LogP contribution in [-0.4, -0.2) is 33.1 Å². The fourth-order valence-electron chi connectivity index (χ4n) is 4.63. The summed E-state index contributed by atoms with van der Waals surface area (Å²) >= 11 is 0. The molecule has 8 nitrogen and oxygen atoms in total. The molecule has 2 aromatic heterocycles. The fraction of sp³-hybridized carbons (Fsp3) is 0.321. The third-order valence-electron chi connectivity index (χ3n) is 6.76. The van der Waals surface area contributed by atoms with Crippen LogP contribution in [0.5, 0.6) is 0 Å². The van der Waals surface area contributed by atoms with Crippen LogP contribution in [0.15, 0.2) is 42.7 Å². The van der Waals surface area contributed by atoms with Crippen molar-refractivity contribution in [2.75, 3.05) is 17.6 Å². The van der Waals surface area contributed by atoms with Crippen LogP contribution in [0.1, 0.15) is 65.6 Å². The molecule has 188 valence electrons. The van der Waals surface area contributed by atoms with Gasteiger partial charge in [0, 0.05) is 18.5 Å². The number of aromatic nitrogens is 3. The van der Waals surface area contributed by atoms with Gasteiger partial charge in [-0.2, -0.15) is 5.26 Å². The molecule has 1 amide bonds. The molecule has 2 aliphatic carbocycles. The highest BCUT2D eigenvalue weighted by Gasteiger charge is 2.34. The van der Waals surface area contributed by atoms with E-state index in [1.807, 2.05) is 43.3 Å². The van der Waals surface area contributed by atoms with Crippen LogP contribution in [0, 0.1) is 17.2 Å². The number of nitrogens with zero attached hydrogens (tertiary/aromatic N) is 4. The van der Waals surface area contributed by atoms with Gasteiger partial charge in [-0.15, -0.1) is 0 Å². The largest absolute Gasteiger partial charge is 0.382 e. The lowest BCUT2D eigenvalue weighted by molar-refractivity contribution is 0.0950. The Labute approximate surface area is 214 Å². The summed E-state index contributed by atoms with van der Waals surface area (Å²) in [5.74, 6) is 0.584. The van der Waals surface area contributed by atoms with Crippen LogP contribution < -0.4 is 16.4 Å². The second-order valence-corrected chi connectivity index (χ2v) is 9.88. The number of rotatable bonds is 7. The minimum atomic E-state index is -1.60. The molecule has 37 heavy (non-hydrogen) atoms. The van der Waals surface area contributed by atoms with Gasteiger partial charge in [-0.1, -0.05) is 30.3 Å². The molecule has 5 rings (SSSR count). The van der Waals surface area contributed by atoms with Crippen molar-refractivity contribution in [1.82, 2.24) is 20.3 Å². The van der Waals surface area contributed by atoms with Crippen molar-refractivity contribution in [2.24, 2.45) is 5.92 Å². The van der Waals surface area contributed by atoms with E-state index in [0.717, 1.165) is 18.4 Å². The zero-order valence-corrected chi connectivity index (χ0v) is 20.8. The molecule has 0 spiro atoms. The number of fused-ring (bicyclic) bond motifs is 1. The zero-order valence-electron chi connectivity index (χ0n) is 20.8. The van der Waals surface area contributed by atoms with E-state index in [2.05, 4.69) is 20.6 Å². The SMILES string of the molecule is CC(Nc1ncnc(N)c1C#N)c1nc2c(c(C(=O)NCC3CC3)c1-c1ccccc1)CC(C)(F)C=C2. The molecule has 9 heteroatoms. The molecule has 0 aliphatic heterocycles. The van der Waals surface area contributed by atoms with E-state index in [1.54, 1.807) is 6.08 Å². The van der Waals surface area contributed by atoms with Crippen molar-refractivity contribution in [1.29, 1.82) is 5.26 Å². The van der Waals surface area contributed by atoms with Crippen molar-refractivity contribution in [3.05, 3.63) is 70.8 Å². The maximum absolute atomic E-state index is 15.2. The van der Waals surface area contributed by atoms with Crippen molar-refractivity contribution >= 4 is 23.6 Å². The van der Waals surface area contributed by atoms with E-state index in [-0.39, 0.29) is 29.5 Å². The number of halogens is 1. The average molecular weight is 498 g/mol. The quantitative estimate of drug-likeness (QED) is 0.435. The predicted octanol–water partition coefficient (Wildman–Crippen LogP) is 4.60. The summed E-state index contributed by atoms with van der Waals surface area (Å²) in [5.41, 5.74) is 7.97. The van der Waals surface area contributed by atoms with E-state index in [4.69, 9.17) is 10.7 Å². The first-order valence-electron chi connectivity index (χ1n) is 12.3. The molecule has 0 bridgehead atoms. The topological polar surface area (TPSA) is 130 Å². The molecule has 2 unspecified atom stereocenters. The summed E-state index contributed by atoms with van der Waals surface area (Å²) in [6.07, 6.45) is 6.65. The van der Waals surface area contributed by atoms with Gasteiger partial charge in [-0.3, -0.25) is 9.78 Å². The Bertz CT molecular complexity index is 1420. The van der Waals surface area contributed by atoms with Gasteiger partial charge in [0.05, 0.1) is 23.0 Å². The maximum Gasteiger partial charge on any atom is 0.252 e. The number of benzene rings is 1. The molecule has 4 N–H and O–H groups in total. The van der Waals surface area contributed by atoms with E-state index in [0.29, 0.717) is 40.5 Å². The Morgan fingerprint density at radius 1 is 1.30 bits per heavy atom. The summed E-state index contributed by atoms with van der Waals surface area (Å²) in [6, 6.07) is 11.1. The number of nitrogens with one attached hydrogen (secondary N) is 2. The number of allylic oxidation sites excluding steroid dienone is 1. The van der Waals surface area contributed by atoms with Gasteiger partial charge >= 0.3 is 0 Å². The summed E-state index contributed by atoms with van der Waals surface area (Å²) in [6.45, 7) is 3.96. The minimum Gasteiger partial charge on any atom is -0.382 e. The van der Waals surface area contributed by atoms with Crippen molar-refractivity contribution in [3.63, 3.8) is 0 Å². The zero-order chi connectivity index (χ0) is 26.2. The summed E-state index contributed by atoms with van der Waals surface area (Å²) < 4.78 is 15.2. The first kappa shape index (κ1) is 24.4. The minimum absolute atomic E-state index is 0.0426. The molecular weight excluding hydrogens is 469 g/mol. The van der Waals surface area contributed by atoms with Gasteiger partial charge in [0.25, 0.3) is 5.91 Å². The summed E-state index contributed by atoms with van der Waals surface area (Å²) in [7, 11) is 0. The highest BCUT2D eigenvalue weighted by Crippen LogP contribution is 2.39. The molecule has 2 atom stereocenters. The van der Waals surface area contributed by atoms with Crippen LogP contribution in [-0.2, 0) is 6.42 Å². The highest BCUT2D eigenvalue weighted by atomic mass is 19.1. The second-order valence-electron chi connectivity index (χ2n) is 9.88. The number of alkyl halides is 1. The predicted molar refractivity (Wildman–Crippen MR) is 140 cm³/mol. The summed E-state index contributed by atoms with van der Waals surface area (Å²) in [4.78, 5) is 26.8. The third-order valence-corrected chi connectivity index (χ3v) is 6.76. The van der Waals surface area contributed by atoms with Gasteiger partial charge < -0.3 is 16.4 Å². The summed E-state index contributed by atoms with van der Waals surface area (Å²) in [5, 5.41) is 15.9. The van der Waals surface area contributed by atoms with Crippen LogP contribution in [0.25, 0.3) is 17.2 Å². The molecule has 0 radical (unpaired) electrons. The molecule has 1 aromatic carbocycles. The molecule has 2 heterocycles. The number of nitrogens with two attached hydrogens (primary N) is 1. The van der Waals surface area contributed by atoms with Gasteiger partial charge in [0.15, 0.2) is 0 Å². The molecule has 3 aromatic rings. The second kappa shape index (κ2) is 9.62. The fourth-order valence-corrected chi connectivity index (χ4v) is 4.63. The number of pyridine rings is 1. The highest BCUT2D eigenvalue weighted by molar-refractivity contribution is 6.04. The Morgan fingerprint density at radius 2 is 2.05 bits per heavy atom. The number of carbonyl (C=O) groups is 1. The van der Waals surface area contributed by atoms with Crippen molar-refractivity contribution in [2.45, 2.75) is 44.8 Å². The molecule has 0 saturated heterocycles. The van der Waals surface area contributed by atoms with E-state index >= 15 is 4.39 Å². The number of nitrogen functional groups attached to an aromatic ring is 1. The molecule has 1 saturated carbocycles. The third kappa shape index (κ3) is 5.00. The molecule has 2 aliphatic rings. The maximum atomic E-state index is 15.2. The standard InChI is InChI=1S/C28H28FN7O/c1-16(35-26-20(13-30)25(31)33-15-34-26)24-22(18-6-4-3-5-7-18)23(27(37)32-14-17-8-9-17)19-12-28(2,29)11-10-21(19)36-24/h3-7,10-11,15-17H,8-9,12,14H2,1-2H3,(H,32,37)(H3,31,33,34,35). The average Bonchev–Trinajstić information content (AvgIpc) is 3.71. The Kier molecular flexibility index (Phi) is 6.34. The Morgan fingerprint density at radius 3 is 2.76 bits per heavy atom. The van der Waals surface area contributed by atoms with E-state index < -0.39 is 11.7 Å².